The summed E-state index contributed by atoms with van der Waals surface area (Å²) in [6.07, 6.45) is -0.352. The van der Waals surface area contributed by atoms with Crippen molar-refractivity contribution in [3.63, 3.8) is 0 Å². The van der Waals surface area contributed by atoms with Crippen molar-refractivity contribution in [1.82, 2.24) is 4.90 Å². The normalized spacial score (nSPS) is 13.9. The standard InChI is InChI=1S/C31H29ClF3NO6S2/c1-22(36(20-24-8-3-2-4-9-24)21-28(37)25-10-7-11-26(32)19-25)18-23-14-16-27(17-15-23)43(38,39)30-13-6-5-12-29(30)42-44(40,41)31(33,34)35/h2-17,19,22,28,37H,18,20-21H2,1H3/t22-,28+/m1/s1. The molecular formula is C31H29ClF3NO6S2. The van der Waals surface area contributed by atoms with Gasteiger partial charge in [-0.05, 0) is 66.4 Å². The highest BCUT2D eigenvalue weighted by Crippen LogP contribution is 2.34. The molecule has 0 bridgehead atoms. The predicted octanol–water partition coefficient (Wildman–Crippen LogP) is 6.57. The first-order valence-electron chi connectivity index (χ1n) is 13.3. The van der Waals surface area contributed by atoms with E-state index in [1.165, 1.54) is 18.2 Å². The molecule has 0 spiro atoms. The first kappa shape index (κ1) is 33.5. The topological polar surface area (TPSA) is 101 Å². The maximum absolute atomic E-state index is 13.3. The molecule has 0 unspecified atom stereocenters. The second-order valence-corrected chi connectivity index (χ2v) is 14.0. The first-order valence-corrected chi connectivity index (χ1v) is 16.6. The summed E-state index contributed by atoms with van der Waals surface area (Å²) in [5.74, 6) is -0.961. The summed E-state index contributed by atoms with van der Waals surface area (Å²) in [5.41, 5.74) is -3.27. The van der Waals surface area contributed by atoms with Gasteiger partial charge in [-0.1, -0.05) is 78.3 Å². The van der Waals surface area contributed by atoms with Gasteiger partial charge in [-0.2, -0.15) is 21.6 Å². The fraction of sp³-hybridized carbons (Fsp3) is 0.226. The number of para-hydroxylation sites is 1. The van der Waals surface area contributed by atoms with Crippen LogP contribution in [0.4, 0.5) is 13.2 Å². The van der Waals surface area contributed by atoms with Crippen molar-refractivity contribution in [2.75, 3.05) is 6.54 Å². The number of benzene rings is 4. The van der Waals surface area contributed by atoms with Gasteiger partial charge in [0.25, 0.3) is 0 Å². The maximum atomic E-state index is 13.3. The fourth-order valence-corrected chi connectivity index (χ4v) is 6.68. The van der Waals surface area contributed by atoms with E-state index in [1.54, 1.807) is 36.4 Å². The number of hydrogen-bond acceptors (Lipinski definition) is 7. The molecule has 234 valence electrons. The van der Waals surface area contributed by atoms with Crippen molar-refractivity contribution in [2.24, 2.45) is 0 Å². The molecule has 1 N–H and O–H groups in total. The van der Waals surface area contributed by atoms with Crippen LogP contribution in [0.5, 0.6) is 5.75 Å². The summed E-state index contributed by atoms with van der Waals surface area (Å²) in [6, 6.07) is 26.6. The van der Waals surface area contributed by atoms with Gasteiger partial charge in [-0.15, -0.1) is 0 Å². The van der Waals surface area contributed by atoms with Crippen molar-refractivity contribution in [1.29, 1.82) is 0 Å². The van der Waals surface area contributed by atoms with Gasteiger partial charge >= 0.3 is 15.6 Å². The lowest BCUT2D eigenvalue weighted by Gasteiger charge is -2.31. The molecule has 44 heavy (non-hydrogen) atoms. The van der Waals surface area contributed by atoms with E-state index in [1.807, 2.05) is 37.3 Å². The summed E-state index contributed by atoms with van der Waals surface area (Å²) in [4.78, 5) is 1.12. The highest BCUT2D eigenvalue weighted by molar-refractivity contribution is 7.91. The van der Waals surface area contributed by atoms with E-state index in [0.29, 0.717) is 30.1 Å². The van der Waals surface area contributed by atoms with Crippen LogP contribution in [0.3, 0.4) is 0 Å². The number of aliphatic hydroxyl groups excluding tert-OH is 1. The second-order valence-electron chi connectivity index (χ2n) is 10.1. The number of sulfone groups is 1. The van der Waals surface area contributed by atoms with E-state index in [9.17, 15) is 35.1 Å². The number of hydrogen-bond donors (Lipinski definition) is 1. The molecule has 0 fully saturated rings. The summed E-state index contributed by atoms with van der Waals surface area (Å²) in [7, 11) is -10.5. The van der Waals surface area contributed by atoms with Gasteiger partial charge in [-0.25, -0.2) is 8.42 Å². The van der Waals surface area contributed by atoms with Gasteiger partial charge in [0.1, 0.15) is 4.90 Å². The van der Waals surface area contributed by atoms with E-state index in [2.05, 4.69) is 9.08 Å². The molecule has 0 saturated heterocycles. The van der Waals surface area contributed by atoms with Crippen LogP contribution >= 0.6 is 11.6 Å². The predicted molar refractivity (Wildman–Crippen MR) is 160 cm³/mol. The Hall–Kier alpha value is -3.42. The van der Waals surface area contributed by atoms with Crippen LogP contribution in [0, 0.1) is 0 Å². The van der Waals surface area contributed by atoms with Gasteiger partial charge in [0.2, 0.25) is 9.84 Å². The monoisotopic (exact) mass is 667 g/mol. The minimum atomic E-state index is -6.09. The number of aliphatic hydroxyl groups is 1. The number of alkyl halides is 3. The zero-order chi connectivity index (χ0) is 32.1. The van der Waals surface area contributed by atoms with Gasteiger partial charge in [0.05, 0.1) is 11.0 Å². The summed E-state index contributed by atoms with van der Waals surface area (Å²) in [5, 5.41) is 11.5. The van der Waals surface area contributed by atoms with Gasteiger partial charge in [-0.3, -0.25) is 4.90 Å². The lowest BCUT2D eigenvalue weighted by Crippen LogP contribution is -2.37. The molecule has 4 aromatic carbocycles. The fourth-order valence-electron chi connectivity index (χ4n) is 4.57. The number of nitrogens with zero attached hydrogens (tertiary/aromatic N) is 1. The molecular weight excluding hydrogens is 639 g/mol. The lowest BCUT2D eigenvalue weighted by molar-refractivity contribution is -0.0500. The Kier molecular flexibility index (Phi) is 10.4. The van der Waals surface area contributed by atoms with E-state index < -0.39 is 42.2 Å². The first-order chi connectivity index (χ1) is 20.7. The summed E-state index contributed by atoms with van der Waals surface area (Å²) < 4.78 is 92.5. The molecule has 7 nitrogen and oxygen atoms in total. The van der Waals surface area contributed by atoms with Crippen LogP contribution < -0.4 is 4.18 Å². The highest BCUT2D eigenvalue weighted by atomic mass is 35.5. The molecule has 0 saturated carbocycles. The zero-order valence-electron chi connectivity index (χ0n) is 23.4. The second kappa shape index (κ2) is 13.7. The van der Waals surface area contributed by atoms with E-state index in [-0.39, 0.29) is 10.9 Å². The van der Waals surface area contributed by atoms with Crippen molar-refractivity contribution in [2.45, 2.75) is 47.3 Å². The molecule has 4 aromatic rings. The third-order valence-electron chi connectivity index (χ3n) is 6.88. The SMILES string of the molecule is C[C@H](Cc1ccc(S(=O)(=O)c2ccccc2OS(=O)(=O)C(F)(F)F)cc1)N(Cc1ccccc1)C[C@H](O)c1cccc(Cl)c1. The van der Waals surface area contributed by atoms with Crippen LogP contribution in [0.2, 0.25) is 5.02 Å². The average Bonchev–Trinajstić information content (AvgIpc) is 2.97. The van der Waals surface area contributed by atoms with Gasteiger partial charge in [0, 0.05) is 24.2 Å². The van der Waals surface area contributed by atoms with E-state index in [0.717, 1.165) is 29.3 Å². The lowest BCUT2D eigenvalue weighted by atomic mass is 10.0. The van der Waals surface area contributed by atoms with Crippen molar-refractivity contribution >= 4 is 31.6 Å². The summed E-state index contributed by atoms with van der Waals surface area (Å²) >= 11 is 6.12. The Morgan fingerprint density at radius 3 is 2.11 bits per heavy atom. The third-order valence-corrected chi connectivity index (χ3v) is 9.89. The van der Waals surface area contributed by atoms with Crippen molar-refractivity contribution < 1.29 is 39.3 Å². The zero-order valence-corrected chi connectivity index (χ0v) is 25.7. The van der Waals surface area contributed by atoms with Crippen molar-refractivity contribution in [3.05, 3.63) is 125 Å². The average molecular weight is 668 g/mol. The van der Waals surface area contributed by atoms with Gasteiger partial charge < -0.3 is 9.29 Å². The quantitative estimate of drug-likeness (QED) is 0.135. The van der Waals surface area contributed by atoms with Crippen LogP contribution in [0.25, 0.3) is 0 Å². The molecule has 0 radical (unpaired) electrons. The molecule has 0 amide bonds. The van der Waals surface area contributed by atoms with Crippen LogP contribution in [0.15, 0.2) is 113 Å². The van der Waals surface area contributed by atoms with Crippen LogP contribution in [-0.4, -0.2) is 44.9 Å². The maximum Gasteiger partial charge on any atom is 0.534 e. The minimum absolute atomic E-state index is 0.117. The molecule has 4 rings (SSSR count). The molecule has 0 aliphatic heterocycles. The van der Waals surface area contributed by atoms with Crippen LogP contribution in [0.1, 0.15) is 29.7 Å². The Bertz CT molecular complexity index is 1790. The number of rotatable bonds is 12. The van der Waals surface area contributed by atoms with Crippen LogP contribution in [-0.2, 0) is 32.9 Å². The molecule has 0 aliphatic rings. The Morgan fingerprint density at radius 2 is 1.48 bits per heavy atom. The Balaban J connectivity index is 1.55. The highest BCUT2D eigenvalue weighted by Gasteiger charge is 2.49. The Morgan fingerprint density at radius 1 is 0.841 bits per heavy atom. The molecule has 0 aromatic heterocycles. The largest absolute Gasteiger partial charge is 0.534 e. The minimum Gasteiger partial charge on any atom is -0.387 e. The molecule has 0 heterocycles. The van der Waals surface area contributed by atoms with Gasteiger partial charge in [0.15, 0.2) is 5.75 Å². The van der Waals surface area contributed by atoms with Crippen molar-refractivity contribution in [3.8, 4) is 5.75 Å². The summed E-state index contributed by atoms with van der Waals surface area (Å²) in [6.45, 7) is 2.80. The van der Waals surface area contributed by atoms with E-state index in [4.69, 9.17) is 11.6 Å². The smallest absolute Gasteiger partial charge is 0.387 e. The number of halogens is 4. The molecule has 2 atom stereocenters. The Labute approximate surface area is 259 Å². The van der Waals surface area contributed by atoms with E-state index >= 15 is 0 Å². The molecule has 0 aliphatic carbocycles. The third kappa shape index (κ3) is 8.19. The molecule has 13 heteroatoms.